The largest absolute Gasteiger partial charge is 0.383 e. The van der Waals surface area contributed by atoms with Gasteiger partial charge < -0.3 is 14.4 Å². The molecule has 6 nitrogen and oxygen atoms in total. The normalized spacial score (nSPS) is 12.3. The molecule has 0 aliphatic heterocycles. The van der Waals surface area contributed by atoms with Gasteiger partial charge in [0.25, 0.3) is 0 Å². The Labute approximate surface area is 167 Å². The molecule has 7 heteroatoms. The molecule has 0 heterocycles. The molecule has 0 fully saturated rings. The van der Waals surface area contributed by atoms with Crippen molar-refractivity contribution in [3.63, 3.8) is 0 Å². The second-order valence-corrected chi connectivity index (χ2v) is 8.33. The van der Waals surface area contributed by atoms with E-state index < -0.39 is 10.1 Å². The van der Waals surface area contributed by atoms with Crippen molar-refractivity contribution in [3.8, 4) is 5.75 Å². The van der Waals surface area contributed by atoms with Crippen molar-refractivity contribution in [2.75, 3.05) is 11.6 Å². The molecule has 2 rings (SSSR count). The molecule has 0 bridgehead atoms. The van der Waals surface area contributed by atoms with Gasteiger partial charge in [-0.1, -0.05) is 44.2 Å². The van der Waals surface area contributed by atoms with E-state index in [0.717, 1.165) is 35.9 Å². The molecular formula is C21H28N2O4S. The molecule has 0 saturated carbocycles. The summed E-state index contributed by atoms with van der Waals surface area (Å²) in [5, 5.41) is 3.02. The number of hydrogen-bond donors (Lipinski definition) is 1. The number of hydrogen-bond acceptors (Lipinski definition) is 4. The van der Waals surface area contributed by atoms with E-state index in [9.17, 15) is 13.2 Å². The molecule has 1 atom stereocenters. The Kier molecular flexibility index (Phi) is 7.45. The van der Waals surface area contributed by atoms with Crippen LogP contribution in [0.25, 0.3) is 0 Å². The van der Waals surface area contributed by atoms with Crippen molar-refractivity contribution < 1.29 is 17.4 Å². The zero-order valence-electron chi connectivity index (χ0n) is 16.8. The third-order valence-corrected chi connectivity index (χ3v) is 5.04. The van der Waals surface area contributed by atoms with Gasteiger partial charge >= 0.3 is 16.1 Å². The molecule has 0 aromatic heterocycles. The van der Waals surface area contributed by atoms with E-state index in [1.807, 2.05) is 38.1 Å². The molecule has 2 aromatic rings. The van der Waals surface area contributed by atoms with Crippen LogP contribution in [0.3, 0.4) is 0 Å². The number of carbonyl (C=O) groups is 1. The molecule has 2 amide bonds. The lowest BCUT2D eigenvalue weighted by atomic mass is 10.1. The number of benzene rings is 2. The highest BCUT2D eigenvalue weighted by atomic mass is 32.2. The average Bonchev–Trinajstić information content (AvgIpc) is 2.66. The maximum atomic E-state index is 13.0. The van der Waals surface area contributed by atoms with Crippen molar-refractivity contribution in [1.82, 2.24) is 4.90 Å². The highest BCUT2D eigenvalue weighted by molar-refractivity contribution is 7.86. The van der Waals surface area contributed by atoms with Crippen LogP contribution in [-0.2, 0) is 23.1 Å². The van der Waals surface area contributed by atoms with Gasteiger partial charge in [0.15, 0.2) is 0 Å². The summed E-state index contributed by atoms with van der Waals surface area (Å²) in [5.41, 5.74) is 2.79. The molecule has 0 saturated heterocycles. The predicted octanol–water partition coefficient (Wildman–Crippen LogP) is 4.42. The Morgan fingerprint density at radius 1 is 1.11 bits per heavy atom. The van der Waals surface area contributed by atoms with E-state index >= 15 is 0 Å². The van der Waals surface area contributed by atoms with E-state index in [1.54, 1.807) is 29.2 Å². The highest BCUT2D eigenvalue weighted by Crippen LogP contribution is 2.20. The van der Waals surface area contributed by atoms with Gasteiger partial charge in [-0.05, 0) is 49.1 Å². The van der Waals surface area contributed by atoms with Crippen LogP contribution in [0.4, 0.5) is 10.5 Å². The molecule has 0 spiro atoms. The van der Waals surface area contributed by atoms with E-state index in [2.05, 4.69) is 12.2 Å². The van der Waals surface area contributed by atoms with Gasteiger partial charge in [0.1, 0.15) is 5.75 Å². The zero-order valence-corrected chi connectivity index (χ0v) is 17.6. The summed E-state index contributed by atoms with van der Waals surface area (Å²) in [6.45, 7) is 6.51. The van der Waals surface area contributed by atoms with E-state index in [1.165, 1.54) is 0 Å². The number of rotatable bonds is 8. The van der Waals surface area contributed by atoms with Crippen LogP contribution >= 0.6 is 0 Å². The van der Waals surface area contributed by atoms with Gasteiger partial charge in [0, 0.05) is 18.3 Å². The monoisotopic (exact) mass is 404 g/mol. The number of carbonyl (C=O) groups excluding carboxylic acids is 1. The zero-order chi connectivity index (χ0) is 20.7. The molecule has 1 N–H and O–H groups in total. The number of aryl methyl sites for hydroxylation is 1. The Bertz CT molecular complexity index is 895. The van der Waals surface area contributed by atoms with Crippen molar-refractivity contribution >= 4 is 21.8 Å². The summed E-state index contributed by atoms with van der Waals surface area (Å²) in [6.07, 6.45) is 2.66. The second kappa shape index (κ2) is 9.59. The van der Waals surface area contributed by atoms with Crippen LogP contribution in [0.15, 0.2) is 48.5 Å². The van der Waals surface area contributed by atoms with Crippen LogP contribution in [0, 0.1) is 0 Å². The maximum absolute atomic E-state index is 13.0. The van der Waals surface area contributed by atoms with Crippen LogP contribution in [0.2, 0.25) is 0 Å². The topological polar surface area (TPSA) is 75.7 Å². The van der Waals surface area contributed by atoms with E-state index in [-0.39, 0.29) is 17.8 Å². The molecule has 0 radical (unpaired) electrons. The van der Waals surface area contributed by atoms with Crippen molar-refractivity contribution in [1.29, 1.82) is 0 Å². The lowest BCUT2D eigenvalue weighted by Crippen LogP contribution is -2.40. The summed E-state index contributed by atoms with van der Waals surface area (Å²) in [4.78, 5) is 14.7. The van der Waals surface area contributed by atoms with Gasteiger partial charge in [-0.3, -0.25) is 0 Å². The molecule has 0 aliphatic rings. The van der Waals surface area contributed by atoms with Crippen molar-refractivity contribution in [2.45, 2.75) is 46.2 Å². The second-order valence-electron chi connectivity index (χ2n) is 6.76. The van der Waals surface area contributed by atoms with Gasteiger partial charge in [-0.15, -0.1) is 0 Å². The lowest BCUT2D eigenvalue weighted by molar-refractivity contribution is 0.187. The predicted molar refractivity (Wildman–Crippen MR) is 112 cm³/mol. The van der Waals surface area contributed by atoms with Gasteiger partial charge in [-0.25, -0.2) is 4.79 Å². The third-order valence-electron chi connectivity index (χ3n) is 4.55. The SMILES string of the molecule is CCc1ccccc1NC(=O)N(Cc1ccc(OS(C)(=O)=O)cc1)[C@H](C)CC. The fourth-order valence-electron chi connectivity index (χ4n) is 2.81. The van der Waals surface area contributed by atoms with E-state index in [0.29, 0.717) is 6.54 Å². The number of urea groups is 1. The number of nitrogens with one attached hydrogen (secondary N) is 1. The quantitative estimate of drug-likeness (QED) is 0.661. The van der Waals surface area contributed by atoms with Crippen LogP contribution < -0.4 is 9.50 Å². The fourth-order valence-corrected chi connectivity index (χ4v) is 3.27. The molecule has 152 valence electrons. The van der Waals surface area contributed by atoms with E-state index in [4.69, 9.17) is 4.18 Å². The van der Waals surface area contributed by atoms with Crippen LogP contribution in [-0.4, -0.2) is 31.6 Å². The third kappa shape index (κ3) is 6.27. The Hall–Kier alpha value is -2.54. The Balaban J connectivity index is 2.16. The smallest absolute Gasteiger partial charge is 0.322 e. The Morgan fingerprint density at radius 3 is 2.32 bits per heavy atom. The summed E-state index contributed by atoms with van der Waals surface area (Å²) < 4.78 is 27.3. The van der Waals surface area contributed by atoms with Gasteiger partial charge in [0.05, 0.1) is 6.26 Å². The van der Waals surface area contributed by atoms with Crippen LogP contribution in [0.5, 0.6) is 5.75 Å². The first-order valence-corrected chi connectivity index (χ1v) is 11.2. The molecule has 0 aliphatic carbocycles. The summed E-state index contributed by atoms with van der Waals surface area (Å²) in [7, 11) is -3.56. The highest BCUT2D eigenvalue weighted by Gasteiger charge is 2.20. The van der Waals surface area contributed by atoms with Crippen molar-refractivity contribution in [2.24, 2.45) is 0 Å². The first-order valence-electron chi connectivity index (χ1n) is 9.37. The molecule has 0 unspecified atom stereocenters. The van der Waals surface area contributed by atoms with Gasteiger partial charge in [-0.2, -0.15) is 8.42 Å². The number of anilines is 1. The summed E-state index contributed by atoms with van der Waals surface area (Å²) in [6, 6.07) is 14.4. The molecule has 28 heavy (non-hydrogen) atoms. The minimum Gasteiger partial charge on any atom is -0.383 e. The molecule has 2 aromatic carbocycles. The first-order chi connectivity index (χ1) is 13.2. The average molecular weight is 405 g/mol. The number of amides is 2. The van der Waals surface area contributed by atoms with Crippen LogP contribution in [0.1, 0.15) is 38.3 Å². The maximum Gasteiger partial charge on any atom is 0.322 e. The summed E-state index contributed by atoms with van der Waals surface area (Å²) >= 11 is 0. The molecular weight excluding hydrogens is 376 g/mol. The number of nitrogens with zero attached hydrogens (tertiary/aromatic N) is 1. The Morgan fingerprint density at radius 2 is 1.75 bits per heavy atom. The minimum absolute atomic E-state index is 0.0423. The number of para-hydroxylation sites is 1. The fraction of sp³-hybridized carbons (Fsp3) is 0.381. The standard InChI is InChI=1S/C21H28N2O4S/c1-5-16(3)23(21(24)22-20-10-8-7-9-18(20)6-2)15-17-11-13-19(14-12-17)27-28(4,25)26/h7-14,16H,5-6,15H2,1-4H3,(H,22,24)/t16-/m1/s1. The summed E-state index contributed by atoms with van der Waals surface area (Å²) in [5.74, 6) is 0.252. The lowest BCUT2D eigenvalue weighted by Gasteiger charge is -2.29. The van der Waals surface area contributed by atoms with Gasteiger partial charge in [0.2, 0.25) is 0 Å². The first kappa shape index (κ1) is 21.8. The van der Waals surface area contributed by atoms with Crippen molar-refractivity contribution in [3.05, 3.63) is 59.7 Å². The minimum atomic E-state index is -3.56.